The van der Waals surface area contributed by atoms with E-state index in [1.165, 1.54) is 11.8 Å². The molecule has 0 heterocycles. The van der Waals surface area contributed by atoms with Crippen molar-refractivity contribution in [3.05, 3.63) is 64.7 Å². The van der Waals surface area contributed by atoms with Crippen molar-refractivity contribution in [3.63, 3.8) is 0 Å². The molecule has 0 radical (unpaired) electrons. The maximum Gasteiger partial charge on any atom is 0.322 e. The van der Waals surface area contributed by atoms with Crippen LogP contribution in [0, 0.1) is 5.92 Å². The van der Waals surface area contributed by atoms with Crippen molar-refractivity contribution in [2.75, 3.05) is 6.61 Å². The predicted molar refractivity (Wildman–Crippen MR) is 104 cm³/mol. The van der Waals surface area contributed by atoms with Crippen molar-refractivity contribution in [1.29, 1.82) is 0 Å². The van der Waals surface area contributed by atoms with E-state index < -0.39 is 17.7 Å². The normalized spacial score (nSPS) is 12.1. The molecule has 0 saturated carbocycles. The smallest absolute Gasteiger partial charge is 0.322 e. The zero-order valence-electron chi connectivity index (χ0n) is 14.9. The van der Waals surface area contributed by atoms with Gasteiger partial charge in [0.2, 0.25) is 0 Å². The number of ether oxygens (including phenoxy) is 1. The first kappa shape index (κ1) is 19.9. The lowest BCUT2D eigenvalue weighted by molar-refractivity contribution is -0.143. The Morgan fingerprint density at radius 3 is 2.42 bits per heavy atom. The van der Waals surface area contributed by atoms with Crippen LogP contribution in [0.3, 0.4) is 0 Å². The molecule has 0 bridgehead atoms. The lowest BCUT2D eigenvalue weighted by atomic mass is 9.98. The molecule has 2 aromatic carbocycles. The summed E-state index contributed by atoms with van der Waals surface area (Å²) in [5.41, 5.74) is 2.17. The zero-order chi connectivity index (χ0) is 18.9. The fourth-order valence-electron chi connectivity index (χ4n) is 2.49. The Balaban J connectivity index is 2.25. The number of Topliss-reactive ketones (excluding diaryl/α,β-unsaturated/α-hetero) is 1. The lowest BCUT2D eigenvalue weighted by Gasteiger charge is -2.11. The topological polar surface area (TPSA) is 55.7 Å². The highest BCUT2D eigenvalue weighted by Gasteiger charge is 2.28. The number of rotatable bonds is 8. The van der Waals surface area contributed by atoms with E-state index in [0.717, 1.165) is 12.8 Å². The highest BCUT2D eigenvalue weighted by Crippen LogP contribution is 2.20. The van der Waals surface area contributed by atoms with Gasteiger partial charge in [-0.05, 0) is 43.2 Å². The molecule has 1 unspecified atom stereocenters. The van der Waals surface area contributed by atoms with Crippen molar-refractivity contribution in [1.82, 2.24) is 0 Å². The number of esters is 1. The van der Waals surface area contributed by atoms with Crippen LogP contribution in [0.5, 0.6) is 0 Å². The third-order valence-corrected chi connectivity index (χ3v) is 4.14. The molecule has 26 heavy (non-hydrogen) atoms. The number of aryl methyl sites for hydroxylation is 1. The number of halogens is 1. The minimum atomic E-state index is -1.13. The highest BCUT2D eigenvalue weighted by atomic mass is 35.5. The van der Waals surface area contributed by atoms with Gasteiger partial charge in [-0.25, -0.2) is 0 Å². The van der Waals surface area contributed by atoms with Crippen LogP contribution in [-0.4, -0.2) is 24.6 Å². The van der Waals surface area contributed by atoms with Crippen molar-refractivity contribution < 1.29 is 14.3 Å². The summed E-state index contributed by atoms with van der Waals surface area (Å²) in [4.78, 5) is 29.3. The first-order valence-electron chi connectivity index (χ1n) is 8.65. The Morgan fingerprint density at radius 2 is 1.81 bits per heavy atom. The van der Waals surface area contributed by atoms with Crippen molar-refractivity contribution in [2.45, 2.75) is 26.7 Å². The van der Waals surface area contributed by atoms with Gasteiger partial charge in [0, 0.05) is 11.8 Å². The van der Waals surface area contributed by atoms with E-state index in [4.69, 9.17) is 16.3 Å². The van der Waals surface area contributed by atoms with Crippen LogP contribution in [0.15, 0.2) is 53.5 Å². The van der Waals surface area contributed by atoms with E-state index in [-0.39, 0.29) is 12.2 Å². The summed E-state index contributed by atoms with van der Waals surface area (Å²) in [6.07, 6.45) is 3.40. The molecular formula is C21H22ClNO3. The van der Waals surface area contributed by atoms with E-state index >= 15 is 0 Å². The van der Waals surface area contributed by atoms with Crippen LogP contribution in [0.4, 0.5) is 5.69 Å². The van der Waals surface area contributed by atoms with Gasteiger partial charge in [0.15, 0.2) is 11.7 Å². The molecule has 0 aliphatic heterocycles. The number of hydrogen-bond donors (Lipinski definition) is 0. The maximum absolute atomic E-state index is 12.8. The summed E-state index contributed by atoms with van der Waals surface area (Å²) in [6.45, 7) is 4.00. The van der Waals surface area contributed by atoms with Gasteiger partial charge in [-0.15, -0.1) is 0 Å². The second-order valence-corrected chi connectivity index (χ2v) is 6.18. The number of nitrogens with zero attached hydrogens (tertiary/aromatic N) is 1. The van der Waals surface area contributed by atoms with Crippen molar-refractivity contribution in [3.8, 4) is 0 Å². The quantitative estimate of drug-likeness (QED) is 0.282. The second-order valence-electron chi connectivity index (χ2n) is 5.77. The number of hydrogen-bond acceptors (Lipinski definition) is 4. The summed E-state index contributed by atoms with van der Waals surface area (Å²) in [6, 6.07) is 14.3. The minimum absolute atomic E-state index is 0.185. The Hall–Kier alpha value is -2.46. The van der Waals surface area contributed by atoms with Crippen LogP contribution < -0.4 is 0 Å². The number of carbonyl (C=O) groups excluding carboxylic acids is 2. The van der Waals surface area contributed by atoms with E-state index in [0.29, 0.717) is 10.7 Å². The monoisotopic (exact) mass is 371 g/mol. The molecule has 0 amide bonds. The Bertz CT molecular complexity index is 784. The minimum Gasteiger partial charge on any atom is -0.465 e. The molecule has 0 aliphatic carbocycles. The van der Waals surface area contributed by atoms with E-state index in [9.17, 15) is 9.59 Å². The zero-order valence-corrected chi connectivity index (χ0v) is 15.7. The Kier molecular flexibility index (Phi) is 7.54. The molecule has 2 rings (SSSR count). The summed E-state index contributed by atoms with van der Waals surface area (Å²) < 4.78 is 5.03. The SMILES string of the molecule is CCCc1ccc(N=CC(C(=O)OCC)C(=O)c2ccccc2Cl)cc1. The largest absolute Gasteiger partial charge is 0.465 e. The summed E-state index contributed by atoms with van der Waals surface area (Å²) in [5, 5.41) is 0.295. The Labute approximate surface area is 158 Å². The summed E-state index contributed by atoms with van der Waals surface area (Å²) in [5.74, 6) is -2.20. The molecule has 4 nitrogen and oxygen atoms in total. The van der Waals surface area contributed by atoms with E-state index in [1.54, 1.807) is 31.2 Å². The number of aliphatic imine (C=N–C) groups is 1. The molecule has 1 atom stereocenters. The van der Waals surface area contributed by atoms with Crippen molar-refractivity contribution >= 4 is 35.3 Å². The highest BCUT2D eigenvalue weighted by molar-refractivity contribution is 6.35. The van der Waals surface area contributed by atoms with Crippen LogP contribution in [0.1, 0.15) is 36.2 Å². The van der Waals surface area contributed by atoms with Gasteiger partial charge >= 0.3 is 5.97 Å². The van der Waals surface area contributed by atoms with Crippen LogP contribution >= 0.6 is 11.6 Å². The molecule has 136 valence electrons. The molecule has 0 fully saturated rings. The molecule has 5 heteroatoms. The van der Waals surface area contributed by atoms with Gasteiger partial charge in [-0.1, -0.05) is 49.2 Å². The molecule has 0 spiro atoms. The van der Waals surface area contributed by atoms with Gasteiger partial charge in [-0.2, -0.15) is 0 Å². The van der Waals surface area contributed by atoms with Crippen molar-refractivity contribution in [2.24, 2.45) is 10.9 Å². The lowest BCUT2D eigenvalue weighted by Crippen LogP contribution is -2.28. The third-order valence-electron chi connectivity index (χ3n) is 3.81. The fraction of sp³-hybridized carbons (Fsp3) is 0.286. The molecule has 0 aliphatic rings. The first-order chi connectivity index (χ1) is 12.6. The Morgan fingerprint density at radius 1 is 1.12 bits per heavy atom. The first-order valence-corrected chi connectivity index (χ1v) is 9.03. The van der Waals surface area contributed by atoms with Gasteiger partial charge in [-0.3, -0.25) is 14.6 Å². The van der Waals surface area contributed by atoms with Gasteiger partial charge in [0.25, 0.3) is 0 Å². The predicted octanol–water partition coefficient (Wildman–Crippen LogP) is 5.06. The van der Waals surface area contributed by atoms with E-state index in [2.05, 4.69) is 11.9 Å². The van der Waals surface area contributed by atoms with E-state index in [1.807, 2.05) is 24.3 Å². The second kappa shape index (κ2) is 9.88. The average Bonchev–Trinajstić information content (AvgIpc) is 2.64. The third kappa shape index (κ3) is 5.27. The maximum atomic E-state index is 12.8. The molecule has 0 aromatic heterocycles. The summed E-state index contributed by atoms with van der Waals surface area (Å²) >= 11 is 6.09. The van der Waals surface area contributed by atoms with Gasteiger partial charge < -0.3 is 4.74 Å². The fourth-order valence-corrected chi connectivity index (χ4v) is 2.72. The van der Waals surface area contributed by atoms with Crippen LogP contribution in [-0.2, 0) is 16.0 Å². The van der Waals surface area contributed by atoms with Gasteiger partial charge in [0.05, 0.1) is 17.3 Å². The summed E-state index contributed by atoms with van der Waals surface area (Å²) in [7, 11) is 0. The van der Waals surface area contributed by atoms with Crippen LogP contribution in [0.2, 0.25) is 5.02 Å². The average molecular weight is 372 g/mol. The molecule has 2 aromatic rings. The van der Waals surface area contributed by atoms with Crippen LogP contribution in [0.25, 0.3) is 0 Å². The standard InChI is InChI=1S/C21H22ClNO3/c1-3-7-15-10-12-16(13-11-15)23-14-18(21(25)26-4-2)20(24)17-8-5-6-9-19(17)22/h5-6,8-14,18H,3-4,7H2,1-2H3. The number of carbonyl (C=O) groups is 2. The molecule has 0 N–H and O–H groups in total. The van der Waals surface area contributed by atoms with Gasteiger partial charge in [0.1, 0.15) is 0 Å². The number of ketones is 1. The number of benzene rings is 2. The molecular weight excluding hydrogens is 350 g/mol. The molecule has 0 saturated heterocycles.